The van der Waals surface area contributed by atoms with Crippen molar-refractivity contribution in [3.63, 3.8) is 0 Å². The molecule has 0 unspecified atom stereocenters. The van der Waals surface area contributed by atoms with Gasteiger partial charge in [0.15, 0.2) is 0 Å². The van der Waals surface area contributed by atoms with Crippen molar-refractivity contribution in [2.24, 2.45) is 5.11 Å². The first-order valence-corrected chi connectivity index (χ1v) is 3.83. The highest BCUT2D eigenvalue weighted by molar-refractivity contribution is 5.95. The van der Waals surface area contributed by atoms with Gasteiger partial charge in [0.05, 0.1) is 0 Å². The average molecular weight is 183 g/mol. The van der Waals surface area contributed by atoms with Gasteiger partial charge in [-0.3, -0.25) is 10.1 Å². The third-order valence-electron chi connectivity index (χ3n) is 1.44. The van der Waals surface area contributed by atoms with E-state index < -0.39 is 11.9 Å². The molecule has 0 radical (unpaired) electrons. The zero-order chi connectivity index (χ0) is 9.68. The van der Waals surface area contributed by atoms with E-state index in [-0.39, 0.29) is 12.6 Å². The van der Waals surface area contributed by atoms with E-state index in [1.807, 2.05) is 5.32 Å². The Hall–Kier alpha value is -1.75. The van der Waals surface area contributed by atoms with E-state index in [4.69, 9.17) is 5.53 Å². The number of urea groups is 1. The molecule has 0 bridgehead atoms. The summed E-state index contributed by atoms with van der Waals surface area (Å²) in [7, 11) is 0. The van der Waals surface area contributed by atoms with Crippen molar-refractivity contribution in [3.05, 3.63) is 10.4 Å². The van der Waals surface area contributed by atoms with E-state index in [9.17, 15) is 9.59 Å². The molecule has 0 aromatic heterocycles. The number of rotatable bonds is 3. The Balaban J connectivity index is 2.17. The zero-order valence-corrected chi connectivity index (χ0v) is 6.86. The minimum absolute atomic E-state index is 0.201. The Morgan fingerprint density at radius 1 is 1.54 bits per heavy atom. The van der Waals surface area contributed by atoms with Gasteiger partial charge in [-0.15, -0.1) is 0 Å². The molecule has 70 valence electrons. The maximum Gasteiger partial charge on any atom is 0.321 e. The molecule has 1 rings (SSSR count). The Kier molecular flexibility index (Phi) is 3.10. The third-order valence-corrected chi connectivity index (χ3v) is 1.44. The van der Waals surface area contributed by atoms with E-state index in [1.165, 1.54) is 0 Å². The molecule has 1 fully saturated rings. The van der Waals surface area contributed by atoms with Crippen LogP contribution < -0.4 is 10.6 Å². The summed E-state index contributed by atoms with van der Waals surface area (Å²) in [5.41, 5.74) is 7.88. The van der Waals surface area contributed by atoms with Crippen LogP contribution in [0.2, 0.25) is 0 Å². The van der Waals surface area contributed by atoms with Crippen LogP contribution in [0.15, 0.2) is 5.11 Å². The van der Waals surface area contributed by atoms with Crippen molar-refractivity contribution in [2.45, 2.75) is 18.9 Å². The first kappa shape index (κ1) is 9.34. The first-order valence-electron chi connectivity index (χ1n) is 3.83. The van der Waals surface area contributed by atoms with Crippen molar-refractivity contribution in [2.75, 3.05) is 6.54 Å². The monoisotopic (exact) mass is 183 g/mol. The predicted octanol–water partition coefficient (Wildman–Crippen LogP) is 0.285. The highest BCUT2D eigenvalue weighted by Gasteiger charge is 2.23. The van der Waals surface area contributed by atoms with E-state index in [0.717, 1.165) is 12.8 Å². The molecule has 1 aliphatic rings. The molecular weight excluding hydrogens is 174 g/mol. The fourth-order valence-corrected chi connectivity index (χ4v) is 0.711. The second-order valence-corrected chi connectivity index (χ2v) is 2.68. The Morgan fingerprint density at radius 3 is 2.77 bits per heavy atom. The number of carbonyl (C=O) groups is 2. The molecule has 7 heteroatoms. The van der Waals surface area contributed by atoms with Crippen LogP contribution in [0.5, 0.6) is 0 Å². The van der Waals surface area contributed by atoms with Gasteiger partial charge < -0.3 is 5.32 Å². The Bertz CT molecular complexity index is 266. The highest BCUT2D eigenvalue weighted by atomic mass is 16.2. The highest BCUT2D eigenvalue weighted by Crippen LogP contribution is 2.18. The predicted molar refractivity (Wildman–Crippen MR) is 43.7 cm³/mol. The summed E-state index contributed by atoms with van der Waals surface area (Å²) in [6.07, 6.45) is 1.91. The standard InChI is InChI=1S/C6H9N5O2/c7-11-8-3-5(12)10-6(13)9-4-1-2-4/h4H,1-3H2,(H2,9,10,12,13). The smallest absolute Gasteiger partial charge is 0.321 e. The van der Waals surface area contributed by atoms with Gasteiger partial charge in [-0.2, -0.15) is 0 Å². The van der Waals surface area contributed by atoms with Gasteiger partial charge in [0, 0.05) is 11.0 Å². The van der Waals surface area contributed by atoms with Crippen LogP contribution in [0, 0.1) is 0 Å². The molecule has 0 aliphatic heterocycles. The number of nitrogens with one attached hydrogen (secondary N) is 2. The second kappa shape index (κ2) is 4.32. The van der Waals surface area contributed by atoms with Gasteiger partial charge in [-0.1, -0.05) is 5.11 Å². The summed E-state index contributed by atoms with van der Waals surface area (Å²) in [4.78, 5) is 24.1. The molecule has 1 saturated carbocycles. The van der Waals surface area contributed by atoms with Gasteiger partial charge in [0.25, 0.3) is 0 Å². The van der Waals surface area contributed by atoms with Gasteiger partial charge in [0.1, 0.15) is 6.54 Å². The Morgan fingerprint density at radius 2 is 2.23 bits per heavy atom. The summed E-state index contributed by atoms with van der Waals surface area (Å²) in [5, 5.41) is 7.60. The summed E-state index contributed by atoms with van der Waals surface area (Å²) in [5.74, 6) is -0.601. The van der Waals surface area contributed by atoms with Crippen LogP contribution in [0.3, 0.4) is 0 Å². The number of amides is 3. The molecule has 0 aromatic carbocycles. The summed E-state index contributed by atoms with van der Waals surface area (Å²) in [6.45, 7) is -0.353. The van der Waals surface area contributed by atoms with E-state index in [0.29, 0.717) is 0 Å². The quantitative estimate of drug-likeness (QED) is 0.372. The maximum absolute atomic E-state index is 10.9. The lowest BCUT2D eigenvalue weighted by atomic mass is 10.6. The number of azide groups is 1. The maximum atomic E-state index is 10.9. The molecule has 0 heterocycles. The van der Waals surface area contributed by atoms with Crippen LogP contribution in [-0.4, -0.2) is 24.5 Å². The molecule has 0 atom stereocenters. The largest absolute Gasteiger partial charge is 0.335 e. The van der Waals surface area contributed by atoms with Gasteiger partial charge in [0.2, 0.25) is 5.91 Å². The number of imide groups is 1. The molecule has 0 aromatic rings. The molecule has 2 N–H and O–H groups in total. The van der Waals surface area contributed by atoms with E-state index in [1.54, 1.807) is 0 Å². The van der Waals surface area contributed by atoms with Crippen LogP contribution in [0.4, 0.5) is 4.79 Å². The zero-order valence-electron chi connectivity index (χ0n) is 6.86. The van der Waals surface area contributed by atoms with Gasteiger partial charge in [-0.05, 0) is 18.4 Å². The van der Waals surface area contributed by atoms with Gasteiger partial charge >= 0.3 is 6.03 Å². The lowest BCUT2D eigenvalue weighted by molar-refractivity contribution is -0.118. The number of hydrogen-bond donors (Lipinski definition) is 2. The van der Waals surface area contributed by atoms with Crippen molar-refractivity contribution in [3.8, 4) is 0 Å². The van der Waals surface area contributed by atoms with E-state index >= 15 is 0 Å². The summed E-state index contributed by atoms with van der Waals surface area (Å²) < 4.78 is 0. The van der Waals surface area contributed by atoms with Crippen molar-refractivity contribution >= 4 is 11.9 Å². The lowest BCUT2D eigenvalue weighted by Gasteiger charge is -2.02. The average Bonchev–Trinajstić information content (AvgIpc) is 2.84. The van der Waals surface area contributed by atoms with E-state index in [2.05, 4.69) is 15.3 Å². The summed E-state index contributed by atoms with van der Waals surface area (Å²) >= 11 is 0. The minimum Gasteiger partial charge on any atom is -0.335 e. The first-order chi connectivity index (χ1) is 6.22. The molecular formula is C6H9N5O2. The third kappa shape index (κ3) is 3.97. The number of hydrogen-bond acceptors (Lipinski definition) is 3. The van der Waals surface area contributed by atoms with Crippen LogP contribution in [-0.2, 0) is 4.79 Å². The van der Waals surface area contributed by atoms with Crippen molar-refractivity contribution < 1.29 is 9.59 Å². The normalized spacial score (nSPS) is 14.2. The SMILES string of the molecule is [N-]=[N+]=NCC(=O)NC(=O)NC1CC1. The Labute approximate surface area is 74.1 Å². The fourth-order valence-electron chi connectivity index (χ4n) is 0.711. The molecule has 7 nitrogen and oxygen atoms in total. The fraction of sp³-hybridized carbons (Fsp3) is 0.667. The molecule has 0 spiro atoms. The van der Waals surface area contributed by atoms with Crippen LogP contribution >= 0.6 is 0 Å². The second-order valence-electron chi connectivity index (χ2n) is 2.68. The van der Waals surface area contributed by atoms with Crippen molar-refractivity contribution in [1.29, 1.82) is 0 Å². The van der Waals surface area contributed by atoms with Crippen LogP contribution in [0.25, 0.3) is 10.4 Å². The van der Waals surface area contributed by atoms with Gasteiger partial charge in [-0.25, -0.2) is 4.79 Å². The summed E-state index contributed by atoms with van der Waals surface area (Å²) in [6, 6.07) is -0.326. The minimum atomic E-state index is -0.601. The number of nitrogens with zero attached hydrogens (tertiary/aromatic N) is 3. The molecule has 3 amide bonds. The molecule has 0 saturated heterocycles. The van der Waals surface area contributed by atoms with Crippen molar-refractivity contribution in [1.82, 2.24) is 10.6 Å². The molecule has 1 aliphatic carbocycles. The lowest BCUT2D eigenvalue weighted by Crippen LogP contribution is -2.41. The number of carbonyl (C=O) groups excluding carboxylic acids is 2. The molecule has 13 heavy (non-hydrogen) atoms. The topological polar surface area (TPSA) is 107 Å². The van der Waals surface area contributed by atoms with Crippen LogP contribution in [0.1, 0.15) is 12.8 Å².